The summed E-state index contributed by atoms with van der Waals surface area (Å²) in [6.45, 7) is 3.95. The summed E-state index contributed by atoms with van der Waals surface area (Å²) in [5.74, 6) is 0.190. The number of anilines is 1. The summed E-state index contributed by atoms with van der Waals surface area (Å²) < 4.78 is 5.29. The Kier molecular flexibility index (Phi) is 7.53. The second kappa shape index (κ2) is 11.0. The lowest BCUT2D eigenvalue weighted by atomic mass is 9.98. The number of nitrogens with one attached hydrogen (secondary N) is 1. The molecule has 9 heteroatoms. The molecule has 2 aliphatic rings. The van der Waals surface area contributed by atoms with Crippen molar-refractivity contribution in [3.05, 3.63) is 94.0 Å². The third-order valence-electron chi connectivity index (χ3n) is 6.77. The number of carbonyl (C=O) groups is 2. The first-order valence-electron chi connectivity index (χ1n) is 12.2. The van der Waals surface area contributed by atoms with Crippen molar-refractivity contribution in [3.8, 4) is 5.75 Å². The molecule has 0 aliphatic carbocycles. The minimum absolute atomic E-state index is 0.0174. The Morgan fingerprint density at radius 2 is 1.87 bits per heavy atom. The van der Waals surface area contributed by atoms with E-state index in [4.69, 9.17) is 21.4 Å². The Labute approximate surface area is 230 Å². The number of amidine groups is 1. The molecule has 194 valence electrons. The van der Waals surface area contributed by atoms with E-state index in [2.05, 4.69) is 10.3 Å². The summed E-state index contributed by atoms with van der Waals surface area (Å²) in [7, 11) is 1.63. The molecule has 0 bridgehead atoms. The van der Waals surface area contributed by atoms with Gasteiger partial charge in [-0.05, 0) is 72.5 Å². The number of hydrogen-bond donors (Lipinski definition) is 1. The molecule has 7 nitrogen and oxygen atoms in total. The summed E-state index contributed by atoms with van der Waals surface area (Å²) in [6, 6.07) is 20.8. The molecule has 0 unspecified atom stereocenters. The zero-order valence-corrected chi connectivity index (χ0v) is 22.8. The van der Waals surface area contributed by atoms with E-state index in [0.29, 0.717) is 16.6 Å². The maximum Gasteiger partial charge on any atom is 0.262 e. The monoisotopic (exact) mass is 546 g/mol. The number of hydrogen-bond acceptors (Lipinski definition) is 6. The first kappa shape index (κ1) is 26.0. The van der Waals surface area contributed by atoms with Crippen LogP contribution in [0.4, 0.5) is 5.69 Å². The van der Waals surface area contributed by atoms with Crippen LogP contribution >= 0.6 is 23.4 Å². The van der Waals surface area contributed by atoms with Crippen molar-refractivity contribution in [1.29, 1.82) is 0 Å². The molecule has 0 radical (unpaired) electrons. The van der Waals surface area contributed by atoms with E-state index in [1.54, 1.807) is 12.1 Å². The van der Waals surface area contributed by atoms with Crippen molar-refractivity contribution in [3.63, 3.8) is 0 Å². The lowest BCUT2D eigenvalue weighted by Crippen LogP contribution is -2.25. The molecule has 38 heavy (non-hydrogen) atoms. The van der Waals surface area contributed by atoms with Crippen molar-refractivity contribution < 1.29 is 14.3 Å². The van der Waals surface area contributed by atoms with Crippen molar-refractivity contribution in [2.75, 3.05) is 12.4 Å². The van der Waals surface area contributed by atoms with Gasteiger partial charge in [-0.25, -0.2) is 5.01 Å². The molecule has 1 N–H and O–H groups in total. The van der Waals surface area contributed by atoms with Gasteiger partial charge >= 0.3 is 0 Å². The van der Waals surface area contributed by atoms with Crippen LogP contribution in [-0.2, 0) is 9.59 Å². The van der Waals surface area contributed by atoms with Gasteiger partial charge in [0.1, 0.15) is 11.0 Å². The summed E-state index contributed by atoms with van der Waals surface area (Å²) in [4.78, 5) is 30.0. The fraction of sp³-hybridized carbons (Fsp3) is 0.241. The van der Waals surface area contributed by atoms with Crippen LogP contribution in [0.1, 0.15) is 41.1 Å². The highest BCUT2D eigenvalue weighted by Crippen LogP contribution is 2.40. The largest absolute Gasteiger partial charge is 0.497 e. The molecule has 2 heterocycles. The van der Waals surface area contributed by atoms with E-state index >= 15 is 0 Å². The van der Waals surface area contributed by atoms with Crippen LogP contribution in [0.15, 0.2) is 76.8 Å². The van der Waals surface area contributed by atoms with Gasteiger partial charge in [-0.3, -0.25) is 9.59 Å². The predicted octanol–water partition coefficient (Wildman–Crippen LogP) is 6.14. The van der Waals surface area contributed by atoms with Gasteiger partial charge in [0.15, 0.2) is 5.17 Å². The second-order valence-corrected chi connectivity index (χ2v) is 10.8. The third-order valence-corrected chi connectivity index (χ3v) is 8.26. The zero-order valence-electron chi connectivity index (χ0n) is 21.3. The molecule has 5 rings (SSSR count). The number of carbonyl (C=O) groups excluding carboxylic acids is 2. The van der Waals surface area contributed by atoms with Crippen LogP contribution in [0.3, 0.4) is 0 Å². The van der Waals surface area contributed by atoms with Gasteiger partial charge in [0, 0.05) is 23.6 Å². The molecule has 0 aromatic heterocycles. The number of halogens is 1. The van der Waals surface area contributed by atoms with E-state index in [1.165, 1.54) is 11.8 Å². The molecule has 2 atom stereocenters. The number of rotatable bonds is 6. The Hall–Kier alpha value is -3.62. The molecule has 2 amide bonds. The number of ether oxygens (including phenoxy) is 1. The van der Waals surface area contributed by atoms with E-state index < -0.39 is 5.25 Å². The molecule has 3 aromatic rings. The number of nitrogens with zero attached hydrogens (tertiary/aromatic N) is 3. The van der Waals surface area contributed by atoms with Gasteiger partial charge in [0.2, 0.25) is 5.91 Å². The maximum atomic E-state index is 12.9. The van der Waals surface area contributed by atoms with Gasteiger partial charge in [-0.2, -0.15) is 10.1 Å². The highest BCUT2D eigenvalue weighted by Gasteiger charge is 2.39. The van der Waals surface area contributed by atoms with Crippen LogP contribution in [0, 0.1) is 13.8 Å². The van der Waals surface area contributed by atoms with Crippen LogP contribution < -0.4 is 10.1 Å². The molecule has 0 saturated carbocycles. The number of benzene rings is 3. The van der Waals surface area contributed by atoms with Crippen molar-refractivity contribution in [2.45, 2.75) is 38.0 Å². The fourth-order valence-corrected chi connectivity index (χ4v) is 5.82. The molecular weight excluding hydrogens is 520 g/mol. The highest BCUT2D eigenvalue weighted by molar-refractivity contribution is 8.15. The van der Waals surface area contributed by atoms with Crippen LogP contribution in [0.5, 0.6) is 5.75 Å². The maximum absolute atomic E-state index is 12.9. The number of hydrazone groups is 1. The topological polar surface area (TPSA) is 83.4 Å². The van der Waals surface area contributed by atoms with Gasteiger partial charge in [-0.1, -0.05) is 53.7 Å². The number of amides is 2. The van der Waals surface area contributed by atoms with Crippen LogP contribution in [0.25, 0.3) is 0 Å². The van der Waals surface area contributed by atoms with E-state index in [-0.39, 0.29) is 24.3 Å². The number of aliphatic imine (C=N–C) groups is 1. The van der Waals surface area contributed by atoms with Crippen LogP contribution in [0.2, 0.25) is 5.02 Å². The Bertz CT molecular complexity index is 1450. The first-order chi connectivity index (χ1) is 18.3. The fourth-order valence-electron chi connectivity index (χ4n) is 4.49. The standard InChI is InChI=1S/C29H27ClN4O3S/c1-17-7-6-10-23(18(17)2)31-27(35)16-26-28(36)32-29(38-26)34-25(21-8-4-5-9-22(21)30)15-24(33-34)19-11-13-20(37-3)14-12-19/h4-14,25-26H,15-16H2,1-3H3,(H,31,35)/t25-,26-/m0/s1. The zero-order chi connectivity index (χ0) is 26.8. The molecule has 0 spiro atoms. The summed E-state index contributed by atoms with van der Waals surface area (Å²) >= 11 is 7.84. The number of aryl methyl sites for hydroxylation is 1. The summed E-state index contributed by atoms with van der Waals surface area (Å²) in [5, 5.41) is 10.0. The summed E-state index contributed by atoms with van der Waals surface area (Å²) in [5.41, 5.74) is 5.54. The highest BCUT2D eigenvalue weighted by atomic mass is 35.5. The Morgan fingerprint density at radius 3 is 2.61 bits per heavy atom. The average molecular weight is 547 g/mol. The molecule has 3 aromatic carbocycles. The van der Waals surface area contributed by atoms with Crippen LogP contribution in [-0.4, -0.2) is 40.1 Å². The van der Waals surface area contributed by atoms with Gasteiger partial charge in [0.05, 0.1) is 18.9 Å². The molecule has 2 aliphatic heterocycles. The number of methoxy groups -OCH3 is 1. The van der Waals surface area contributed by atoms with Crippen molar-refractivity contribution >= 4 is 51.7 Å². The van der Waals surface area contributed by atoms with E-state index in [9.17, 15) is 9.59 Å². The minimum atomic E-state index is -0.623. The van der Waals surface area contributed by atoms with Crippen molar-refractivity contribution in [2.24, 2.45) is 10.1 Å². The second-order valence-electron chi connectivity index (χ2n) is 9.20. The molecule has 0 fully saturated rings. The van der Waals surface area contributed by atoms with E-state index in [0.717, 1.165) is 39.4 Å². The average Bonchev–Trinajstić information content (AvgIpc) is 3.51. The lowest BCUT2D eigenvalue weighted by Gasteiger charge is -2.24. The smallest absolute Gasteiger partial charge is 0.262 e. The molecular formula is C29H27ClN4O3S. The van der Waals surface area contributed by atoms with E-state index in [1.807, 2.05) is 80.6 Å². The summed E-state index contributed by atoms with van der Waals surface area (Å²) in [6.07, 6.45) is 0.602. The molecule has 0 saturated heterocycles. The quantitative estimate of drug-likeness (QED) is 0.401. The normalized spacial score (nSPS) is 18.8. The minimum Gasteiger partial charge on any atom is -0.497 e. The first-order valence-corrected chi connectivity index (χ1v) is 13.5. The lowest BCUT2D eigenvalue weighted by molar-refractivity contribution is -0.121. The predicted molar refractivity (Wildman–Crippen MR) is 153 cm³/mol. The third kappa shape index (κ3) is 5.33. The Balaban J connectivity index is 1.36. The van der Waals surface area contributed by atoms with Crippen molar-refractivity contribution in [1.82, 2.24) is 5.01 Å². The van der Waals surface area contributed by atoms with Gasteiger partial charge in [0.25, 0.3) is 5.91 Å². The van der Waals surface area contributed by atoms with Gasteiger partial charge < -0.3 is 10.1 Å². The number of thioether (sulfide) groups is 1. The van der Waals surface area contributed by atoms with Gasteiger partial charge in [-0.15, -0.1) is 0 Å². The Morgan fingerprint density at radius 1 is 1.11 bits per heavy atom. The SMILES string of the molecule is COc1ccc(C2=NN(C3=NC(=O)[C@H](CC(=O)Nc4cccc(C)c4C)S3)[C@H](c3ccccc3Cl)C2)cc1.